The quantitative estimate of drug-likeness (QED) is 0.616. The summed E-state index contributed by atoms with van der Waals surface area (Å²) >= 11 is 0. The van der Waals surface area contributed by atoms with Gasteiger partial charge in [0.2, 0.25) is 0 Å². The lowest BCUT2D eigenvalue weighted by Crippen LogP contribution is -1.84. The van der Waals surface area contributed by atoms with Crippen LogP contribution in [-0.2, 0) is 0 Å². The predicted octanol–water partition coefficient (Wildman–Crippen LogP) is 1.07. The molecule has 0 saturated carbocycles. The fraction of sp³-hybridized carbons (Fsp3) is 0.111. The Hall–Kier alpha value is -1.28. The minimum atomic E-state index is 0.0443. The van der Waals surface area contributed by atoms with Gasteiger partial charge in [0.15, 0.2) is 0 Å². The number of nitrogens with two attached hydrogens (primary N) is 1. The highest BCUT2D eigenvalue weighted by atomic mass is 16.2. The van der Waals surface area contributed by atoms with Gasteiger partial charge < -0.3 is 10.8 Å². The maximum absolute atomic E-state index is 8.46. The van der Waals surface area contributed by atoms with Gasteiger partial charge in [0.05, 0.1) is 6.61 Å². The first-order valence-corrected chi connectivity index (χ1v) is 3.37. The third kappa shape index (κ3) is 2.43. The van der Waals surface area contributed by atoms with Crippen molar-refractivity contribution in [2.45, 2.75) is 0 Å². The molecule has 2 nitrogen and oxygen atoms in total. The second-order valence-corrected chi connectivity index (χ2v) is 2.16. The first kappa shape index (κ1) is 7.82. The summed E-state index contributed by atoms with van der Waals surface area (Å²) in [6, 6.07) is 8.29. The summed E-state index contributed by atoms with van der Waals surface area (Å²) in [7, 11) is 0. The molecule has 1 rings (SSSR count). The van der Waals surface area contributed by atoms with Gasteiger partial charge in [-0.25, -0.2) is 0 Å². The summed E-state index contributed by atoms with van der Waals surface area (Å²) in [5.74, 6) is 0. The Balaban J connectivity index is 2.79. The van der Waals surface area contributed by atoms with Crippen LogP contribution in [-0.4, -0.2) is 11.7 Å². The van der Waals surface area contributed by atoms with E-state index in [9.17, 15) is 0 Å². The summed E-state index contributed by atoms with van der Waals surface area (Å²) in [6.07, 6.45) is 3.42. The zero-order chi connectivity index (χ0) is 8.10. The maximum atomic E-state index is 8.46. The number of aliphatic hydroxyl groups is 1. The van der Waals surface area contributed by atoms with Crippen LogP contribution >= 0.6 is 0 Å². The minimum Gasteiger partial charge on any atom is -0.399 e. The first-order chi connectivity index (χ1) is 5.33. The number of anilines is 1. The molecule has 1 aromatic carbocycles. The van der Waals surface area contributed by atoms with Crippen molar-refractivity contribution in [3.8, 4) is 0 Å². The van der Waals surface area contributed by atoms with Crippen molar-refractivity contribution in [3.63, 3.8) is 0 Å². The number of hydrogen-bond donors (Lipinski definition) is 2. The lowest BCUT2D eigenvalue weighted by molar-refractivity contribution is 0.343. The minimum absolute atomic E-state index is 0.0443. The molecule has 0 aliphatic carbocycles. The van der Waals surface area contributed by atoms with E-state index in [1.807, 2.05) is 0 Å². The van der Waals surface area contributed by atoms with Gasteiger partial charge in [0, 0.05) is 5.69 Å². The van der Waals surface area contributed by atoms with E-state index in [-0.39, 0.29) is 6.61 Å². The van der Waals surface area contributed by atoms with Crippen molar-refractivity contribution in [1.82, 2.24) is 0 Å². The second-order valence-electron chi connectivity index (χ2n) is 2.16. The summed E-state index contributed by atoms with van der Waals surface area (Å²) in [5.41, 5.74) is 7.11. The standard InChI is InChI=1S/C9H10NO/c10-9-5-1-3-8(7-9)4-2-6-11/h1-2,4-5,7,11H,6,10H2. The van der Waals surface area contributed by atoms with Crippen molar-refractivity contribution < 1.29 is 5.11 Å². The Morgan fingerprint density at radius 1 is 1.64 bits per heavy atom. The molecule has 0 amide bonds. The Morgan fingerprint density at radius 2 is 2.45 bits per heavy atom. The third-order valence-electron chi connectivity index (χ3n) is 1.25. The predicted molar refractivity (Wildman–Crippen MR) is 45.8 cm³/mol. The van der Waals surface area contributed by atoms with Crippen LogP contribution in [0.3, 0.4) is 0 Å². The van der Waals surface area contributed by atoms with Gasteiger partial charge in [0.1, 0.15) is 0 Å². The fourth-order valence-electron chi connectivity index (χ4n) is 0.779. The molecule has 0 atom stereocenters. The van der Waals surface area contributed by atoms with Crippen molar-refractivity contribution in [2.24, 2.45) is 0 Å². The molecule has 2 heteroatoms. The number of nitrogen functional groups attached to an aromatic ring is 1. The van der Waals surface area contributed by atoms with Gasteiger partial charge in [-0.2, -0.15) is 0 Å². The van der Waals surface area contributed by atoms with E-state index < -0.39 is 0 Å². The summed E-state index contributed by atoms with van der Waals surface area (Å²) in [4.78, 5) is 0. The van der Waals surface area contributed by atoms with E-state index >= 15 is 0 Å². The van der Waals surface area contributed by atoms with E-state index in [1.54, 1.807) is 30.4 Å². The Kier molecular flexibility index (Phi) is 2.69. The summed E-state index contributed by atoms with van der Waals surface area (Å²) in [6.45, 7) is 0.0443. The first-order valence-electron chi connectivity index (χ1n) is 3.37. The van der Waals surface area contributed by atoms with Crippen LogP contribution in [0, 0.1) is 6.07 Å². The van der Waals surface area contributed by atoms with Crippen LogP contribution in [0.5, 0.6) is 0 Å². The van der Waals surface area contributed by atoms with Gasteiger partial charge >= 0.3 is 0 Å². The largest absolute Gasteiger partial charge is 0.399 e. The van der Waals surface area contributed by atoms with Crippen molar-refractivity contribution in [3.05, 3.63) is 35.9 Å². The highest BCUT2D eigenvalue weighted by Gasteiger charge is 1.86. The molecule has 0 unspecified atom stereocenters. The van der Waals surface area contributed by atoms with Crippen LogP contribution in [0.1, 0.15) is 5.56 Å². The third-order valence-corrected chi connectivity index (χ3v) is 1.25. The molecular weight excluding hydrogens is 138 g/mol. The van der Waals surface area contributed by atoms with Crippen LogP contribution in [0.2, 0.25) is 0 Å². The molecule has 57 valence electrons. The summed E-state index contributed by atoms with van der Waals surface area (Å²) < 4.78 is 0. The lowest BCUT2D eigenvalue weighted by atomic mass is 10.2. The van der Waals surface area contributed by atoms with Crippen LogP contribution in [0.25, 0.3) is 6.08 Å². The normalized spacial score (nSPS) is 10.6. The maximum Gasteiger partial charge on any atom is 0.0615 e. The molecule has 11 heavy (non-hydrogen) atoms. The van der Waals surface area contributed by atoms with Crippen molar-refractivity contribution in [1.29, 1.82) is 0 Å². The topological polar surface area (TPSA) is 46.2 Å². The highest BCUT2D eigenvalue weighted by molar-refractivity contribution is 5.54. The van der Waals surface area contributed by atoms with Crippen LogP contribution in [0.15, 0.2) is 24.3 Å². The number of rotatable bonds is 2. The number of hydrogen-bond acceptors (Lipinski definition) is 2. The van der Waals surface area contributed by atoms with E-state index in [4.69, 9.17) is 10.8 Å². The van der Waals surface area contributed by atoms with Gasteiger partial charge in [0.25, 0.3) is 0 Å². The van der Waals surface area contributed by atoms with Gasteiger partial charge in [-0.3, -0.25) is 0 Å². The van der Waals surface area contributed by atoms with E-state index in [0.717, 1.165) is 5.56 Å². The highest BCUT2D eigenvalue weighted by Crippen LogP contribution is 2.06. The molecule has 0 heterocycles. The molecule has 0 aliphatic rings. The van der Waals surface area contributed by atoms with E-state index in [2.05, 4.69) is 6.07 Å². The molecule has 0 saturated heterocycles. The molecule has 3 N–H and O–H groups in total. The number of aliphatic hydroxyl groups excluding tert-OH is 1. The van der Waals surface area contributed by atoms with Crippen LogP contribution < -0.4 is 5.73 Å². The average Bonchev–Trinajstić information content (AvgIpc) is 2.01. The molecule has 0 aliphatic heterocycles. The molecule has 0 spiro atoms. The molecular formula is C9H10NO. The monoisotopic (exact) mass is 148 g/mol. The zero-order valence-corrected chi connectivity index (χ0v) is 6.12. The fourth-order valence-corrected chi connectivity index (χ4v) is 0.779. The van der Waals surface area contributed by atoms with Gasteiger partial charge in [-0.05, 0) is 23.8 Å². The van der Waals surface area contributed by atoms with Crippen molar-refractivity contribution >= 4 is 11.8 Å². The molecule has 1 aromatic rings. The molecule has 1 radical (unpaired) electrons. The summed E-state index contributed by atoms with van der Waals surface area (Å²) in [5, 5.41) is 8.46. The van der Waals surface area contributed by atoms with Gasteiger partial charge in [-0.1, -0.05) is 18.2 Å². The second kappa shape index (κ2) is 3.78. The van der Waals surface area contributed by atoms with Gasteiger partial charge in [-0.15, -0.1) is 0 Å². The van der Waals surface area contributed by atoms with E-state index in [1.165, 1.54) is 0 Å². The Bertz CT molecular complexity index is 255. The smallest absolute Gasteiger partial charge is 0.0615 e. The SMILES string of the molecule is Nc1cc[c]c(C=CCO)c1. The number of benzene rings is 1. The van der Waals surface area contributed by atoms with Crippen molar-refractivity contribution in [2.75, 3.05) is 12.3 Å². The average molecular weight is 148 g/mol. The molecule has 0 bridgehead atoms. The Labute approximate surface area is 66.0 Å². The zero-order valence-electron chi connectivity index (χ0n) is 6.12. The lowest BCUT2D eigenvalue weighted by Gasteiger charge is -1.93. The van der Waals surface area contributed by atoms with E-state index in [0.29, 0.717) is 5.69 Å². The van der Waals surface area contributed by atoms with Crippen LogP contribution in [0.4, 0.5) is 5.69 Å². The Morgan fingerprint density at radius 3 is 3.09 bits per heavy atom. The molecule has 0 aromatic heterocycles. The molecule has 0 fully saturated rings.